The Bertz CT molecular complexity index is 519. The zero-order valence-electron chi connectivity index (χ0n) is 11.8. The van der Waals surface area contributed by atoms with Crippen molar-refractivity contribution < 1.29 is 14.3 Å². The Labute approximate surface area is 141 Å². The average molecular weight is 419 g/mol. The molecule has 0 N–H and O–H groups in total. The number of halogens is 2. The summed E-state index contributed by atoms with van der Waals surface area (Å²) in [7, 11) is 0. The lowest BCUT2D eigenvalue weighted by atomic mass is 10.1. The minimum atomic E-state index is -0.558. The summed E-state index contributed by atoms with van der Waals surface area (Å²) >= 11 is 6.75. The molecule has 1 aliphatic heterocycles. The third kappa shape index (κ3) is 4.07. The molecule has 1 atom stereocenters. The number of nitrogens with zero attached hydrogens (tertiary/aromatic N) is 1. The van der Waals surface area contributed by atoms with Crippen molar-refractivity contribution in [3.63, 3.8) is 0 Å². The fourth-order valence-corrected chi connectivity index (χ4v) is 3.77. The molecule has 6 heteroatoms. The number of piperidine rings is 1. The van der Waals surface area contributed by atoms with Gasteiger partial charge in [-0.25, -0.2) is 0 Å². The molecule has 1 heterocycles. The molecule has 1 fully saturated rings. The molecule has 0 spiro atoms. The van der Waals surface area contributed by atoms with Crippen molar-refractivity contribution in [3.8, 4) is 5.75 Å². The highest BCUT2D eigenvalue weighted by Crippen LogP contribution is 2.35. The van der Waals surface area contributed by atoms with Crippen LogP contribution in [-0.4, -0.2) is 36.3 Å². The number of carbonyl (C=O) groups is 2. The molecule has 114 valence electrons. The molecule has 1 aliphatic rings. The van der Waals surface area contributed by atoms with E-state index in [1.807, 2.05) is 4.90 Å². The minimum absolute atomic E-state index is 0.00737. The summed E-state index contributed by atoms with van der Waals surface area (Å²) in [6.45, 7) is 3.36. The molecule has 0 saturated carbocycles. The highest BCUT2D eigenvalue weighted by molar-refractivity contribution is 9.11. The molecule has 1 saturated heterocycles. The quantitative estimate of drug-likeness (QED) is 0.698. The largest absolute Gasteiger partial charge is 0.479 e. The number of rotatable bonds is 4. The van der Waals surface area contributed by atoms with Gasteiger partial charge in [0.25, 0.3) is 5.91 Å². The summed E-state index contributed by atoms with van der Waals surface area (Å²) in [6.07, 6.45) is 3.50. The van der Waals surface area contributed by atoms with Gasteiger partial charge in [0.1, 0.15) is 12.0 Å². The molecule has 0 radical (unpaired) electrons. The first kappa shape index (κ1) is 16.5. The highest BCUT2D eigenvalue weighted by Gasteiger charge is 2.24. The molecule has 0 aromatic heterocycles. The maximum atomic E-state index is 12.4. The van der Waals surface area contributed by atoms with Crippen molar-refractivity contribution in [3.05, 3.63) is 26.6 Å². The van der Waals surface area contributed by atoms with Gasteiger partial charge in [0, 0.05) is 18.7 Å². The first-order valence-electron chi connectivity index (χ1n) is 6.92. The molecule has 1 aromatic carbocycles. The number of benzene rings is 1. The van der Waals surface area contributed by atoms with Gasteiger partial charge in [-0.1, -0.05) is 0 Å². The van der Waals surface area contributed by atoms with Crippen LogP contribution in [0.2, 0.25) is 0 Å². The van der Waals surface area contributed by atoms with Crippen molar-refractivity contribution in [2.45, 2.75) is 32.3 Å². The van der Waals surface area contributed by atoms with Gasteiger partial charge < -0.3 is 9.64 Å². The SMILES string of the molecule is CC(Oc1c(Br)cc(C=O)cc1Br)C(=O)N1CCCCC1. The molecule has 1 amide bonds. The van der Waals surface area contributed by atoms with Crippen molar-refractivity contribution >= 4 is 44.1 Å². The van der Waals surface area contributed by atoms with E-state index in [0.717, 1.165) is 32.2 Å². The van der Waals surface area contributed by atoms with Crippen LogP contribution in [0.3, 0.4) is 0 Å². The van der Waals surface area contributed by atoms with Gasteiger partial charge >= 0.3 is 0 Å². The maximum Gasteiger partial charge on any atom is 0.263 e. The molecule has 1 unspecified atom stereocenters. The second-order valence-corrected chi connectivity index (χ2v) is 6.79. The van der Waals surface area contributed by atoms with Crippen LogP contribution in [0.1, 0.15) is 36.5 Å². The monoisotopic (exact) mass is 417 g/mol. The summed E-state index contributed by atoms with van der Waals surface area (Å²) in [5, 5.41) is 0. The average Bonchev–Trinajstić information content (AvgIpc) is 2.50. The number of amides is 1. The number of aldehydes is 1. The zero-order chi connectivity index (χ0) is 15.4. The number of carbonyl (C=O) groups excluding carboxylic acids is 2. The molecule has 1 aromatic rings. The van der Waals surface area contributed by atoms with E-state index in [1.54, 1.807) is 19.1 Å². The molecule has 4 nitrogen and oxygen atoms in total. The Kier molecular flexibility index (Phi) is 5.81. The van der Waals surface area contributed by atoms with Crippen LogP contribution in [0.4, 0.5) is 0 Å². The molecule has 2 rings (SSSR count). The normalized spacial score (nSPS) is 16.4. The second kappa shape index (κ2) is 7.40. The van der Waals surface area contributed by atoms with Crippen LogP contribution in [0.25, 0.3) is 0 Å². The Morgan fingerprint density at radius 3 is 2.33 bits per heavy atom. The second-order valence-electron chi connectivity index (χ2n) is 5.08. The Morgan fingerprint density at radius 2 is 1.81 bits per heavy atom. The van der Waals surface area contributed by atoms with E-state index in [1.165, 1.54) is 6.42 Å². The van der Waals surface area contributed by atoms with Crippen LogP contribution < -0.4 is 4.74 Å². The van der Waals surface area contributed by atoms with Crippen molar-refractivity contribution in [2.24, 2.45) is 0 Å². The van der Waals surface area contributed by atoms with Crippen LogP contribution in [0.5, 0.6) is 5.75 Å². The van der Waals surface area contributed by atoms with Gasteiger partial charge in [0.05, 0.1) is 8.95 Å². The maximum absolute atomic E-state index is 12.4. The lowest BCUT2D eigenvalue weighted by molar-refractivity contribution is -0.138. The van der Waals surface area contributed by atoms with Crippen LogP contribution >= 0.6 is 31.9 Å². The molecule has 0 bridgehead atoms. The van der Waals surface area contributed by atoms with E-state index in [9.17, 15) is 9.59 Å². The molecular weight excluding hydrogens is 402 g/mol. The summed E-state index contributed by atoms with van der Waals surface area (Å²) in [5.41, 5.74) is 0.538. The van der Waals surface area contributed by atoms with Crippen molar-refractivity contribution in [1.29, 1.82) is 0 Å². The number of ether oxygens (including phenoxy) is 1. The standard InChI is InChI=1S/C15H17Br2NO3/c1-10(15(20)18-5-3-2-4-6-18)21-14-12(16)7-11(9-19)8-13(14)17/h7-10H,2-6H2,1H3. The predicted octanol–water partition coefficient (Wildman–Crippen LogP) is 3.80. The fraction of sp³-hybridized carbons (Fsp3) is 0.467. The number of hydrogen-bond acceptors (Lipinski definition) is 3. The molecule has 0 aliphatic carbocycles. The van der Waals surface area contributed by atoms with Gasteiger partial charge in [-0.3, -0.25) is 9.59 Å². The van der Waals surface area contributed by atoms with E-state index in [4.69, 9.17) is 4.74 Å². The van der Waals surface area contributed by atoms with E-state index in [-0.39, 0.29) is 5.91 Å². The smallest absolute Gasteiger partial charge is 0.263 e. The number of hydrogen-bond donors (Lipinski definition) is 0. The predicted molar refractivity (Wildman–Crippen MR) is 87.8 cm³/mol. The lowest BCUT2D eigenvalue weighted by Gasteiger charge is -2.29. The number of likely N-dealkylation sites (tertiary alicyclic amines) is 1. The third-order valence-electron chi connectivity index (χ3n) is 3.47. The van der Waals surface area contributed by atoms with E-state index < -0.39 is 6.10 Å². The minimum Gasteiger partial charge on any atom is -0.479 e. The van der Waals surface area contributed by atoms with Gasteiger partial charge in [0.2, 0.25) is 0 Å². The van der Waals surface area contributed by atoms with Gasteiger partial charge in [-0.2, -0.15) is 0 Å². The topological polar surface area (TPSA) is 46.6 Å². The zero-order valence-corrected chi connectivity index (χ0v) is 14.9. The Morgan fingerprint density at radius 1 is 1.24 bits per heavy atom. The van der Waals surface area contributed by atoms with Crippen molar-refractivity contribution in [2.75, 3.05) is 13.1 Å². The van der Waals surface area contributed by atoms with E-state index in [2.05, 4.69) is 31.9 Å². The Balaban J connectivity index is 2.10. The highest BCUT2D eigenvalue weighted by atomic mass is 79.9. The summed E-state index contributed by atoms with van der Waals surface area (Å²) in [4.78, 5) is 25.0. The van der Waals surface area contributed by atoms with E-state index >= 15 is 0 Å². The van der Waals surface area contributed by atoms with E-state index in [0.29, 0.717) is 20.3 Å². The first-order chi connectivity index (χ1) is 10.0. The van der Waals surface area contributed by atoms with Crippen molar-refractivity contribution in [1.82, 2.24) is 4.90 Å². The third-order valence-corrected chi connectivity index (χ3v) is 4.64. The summed E-state index contributed by atoms with van der Waals surface area (Å²) in [6, 6.07) is 3.34. The van der Waals surface area contributed by atoms with Crippen LogP contribution in [0, 0.1) is 0 Å². The van der Waals surface area contributed by atoms with Gasteiger partial charge in [0.15, 0.2) is 6.10 Å². The Hall–Kier alpha value is -0.880. The van der Waals surface area contributed by atoms with Gasteiger partial charge in [-0.05, 0) is 70.2 Å². The summed E-state index contributed by atoms with van der Waals surface area (Å²) in [5.74, 6) is 0.548. The van der Waals surface area contributed by atoms with Crippen LogP contribution in [0.15, 0.2) is 21.1 Å². The fourth-order valence-electron chi connectivity index (χ4n) is 2.36. The summed E-state index contributed by atoms with van der Waals surface area (Å²) < 4.78 is 7.09. The lowest BCUT2D eigenvalue weighted by Crippen LogP contribution is -2.43. The molecular formula is C15H17Br2NO3. The molecule has 21 heavy (non-hydrogen) atoms. The first-order valence-corrected chi connectivity index (χ1v) is 8.51. The van der Waals surface area contributed by atoms with Gasteiger partial charge in [-0.15, -0.1) is 0 Å². The van der Waals surface area contributed by atoms with Crippen LogP contribution in [-0.2, 0) is 4.79 Å².